The molecule has 0 aromatic heterocycles. The molecule has 0 aliphatic carbocycles. The third-order valence-electron chi connectivity index (χ3n) is 5.84. The van der Waals surface area contributed by atoms with Gasteiger partial charge in [-0.15, -0.1) is 0 Å². The van der Waals surface area contributed by atoms with Gasteiger partial charge in [-0.2, -0.15) is 4.31 Å². The van der Waals surface area contributed by atoms with Crippen LogP contribution in [0.4, 0.5) is 0 Å². The molecule has 0 unspecified atom stereocenters. The molecule has 1 fully saturated rings. The molecule has 2 rings (SSSR count). The predicted molar refractivity (Wildman–Crippen MR) is 118 cm³/mol. The van der Waals surface area contributed by atoms with Crippen LogP contribution in [0.25, 0.3) is 6.08 Å². The average Bonchev–Trinajstić information content (AvgIpc) is 2.73. The van der Waals surface area contributed by atoms with Crippen molar-refractivity contribution in [1.29, 1.82) is 0 Å². The van der Waals surface area contributed by atoms with E-state index in [4.69, 9.17) is 0 Å². The first-order valence-electron chi connectivity index (χ1n) is 10.7. The van der Waals surface area contributed by atoms with E-state index >= 15 is 0 Å². The third kappa shape index (κ3) is 6.66. The molecule has 1 heterocycles. The molecule has 1 amide bonds. The highest BCUT2D eigenvalue weighted by molar-refractivity contribution is 7.92. The van der Waals surface area contributed by atoms with Crippen molar-refractivity contribution in [2.45, 2.75) is 52.6 Å². The summed E-state index contributed by atoms with van der Waals surface area (Å²) in [5.41, 5.74) is 0.862. The van der Waals surface area contributed by atoms with Crippen LogP contribution >= 0.6 is 0 Å². The molecular weight excluding hydrogens is 386 g/mol. The van der Waals surface area contributed by atoms with E-state index in [1.54, 1.807) is 6.08 Å². The quantitative estimate of drug-likeness (QED) is 0.658. The third-order valence-corrected chi connectivity index (χ3v) is 7.41. The molecule has 1 aromatic rings. The van der Waals surface area contributed by atoms with Crippen LogP contribution in [-0.2, 0) is 14.8 Å². The Bertz CT molecular complexity index is 762. The van der Waals surface area contributed by atoms with Crippen LogP contribution in [0.5, 0.6) is 0 Å². The number of hydrogen-bond donors (Lipinski definition) is 1. The minimum Gasteiger partial charge on any atom is -0.332 e. The van der Waals surface area contributed by atoms with Crippen LogP contribution in [0.15, 0.2) is 35.7 Å². The number of nitrogens with zero attached hydrogens (tertiary/aromatic N) is 2. The zero-order valence-corrected chi connectivity index (χ0v) is 19.0. The zero-order valence-electron chi connectivity index (χ0n) is 18.2. The van der Waals surface area contributed by atoms with E-state index in [1.165, 1.54) is 9.71 Å². The van der Waals surface area contributed by atoms with Crippen LogP contribution in [0.1, 0.15) is 46.1 Å². The Morgan fingerprint density at radius 2 is 1.66 bits per heavy atom. The molecule has 1 N–H and O–H groups in total. The van der Waals surface area contributed by atoms with Crippen molar-refractivity contribution >= 4 is 22.0 Å². The minimum atomic E-state index is -3.44. The summed E-state index contributed by atoms with van der Waals surface area (Å²) in [6.45, 7) is 11.0. The highest BCUT2D eigenvalue weighted by Crippen LogP contribution is 2.12. The SMILES string of the molecule is CC[C@H](C)N(C(=O)C[NH+]1CCN(S(=O)(=O)/C=C/c2ccccc2)CC1)[C@@H](C)CC. The number of rotatable bonds is 9. The molecular formula is C22H36N3O3S+. The summed E-state index contributed by atoms with van der Waals surface area (Å²) >= 11 is 0. The summed E-state index contributed by atoms with van der Waals surface area (Å²) in [4.78, 5) is 16.1. The van der Waals surface area contributed by atoms with E-state index < -0.39 is 10.0 Å². The maximum Gasteiger partial charge on any atom is 0.278 e. The first-order chi connectivity index (χ1) is 13.8. The number of hydrogen-bond acceptors (Lipinski definition) is 3. The fraction of sp³-hybridized carbons (Fsp3) is 0.591. The maximum atomic E-state index is 12.9. The molecule has 2 atom stereocenters. The lowest BCUT2D eigenvalue weighted by Gasteiger charge is -2.36. The van der Waals surface area contributed by atoms with Gasteiger partial charge in [0.1, 0.15) is 0 Å². The normalized spacial score (nSPS) is 18.6. The van der Waals surface area contributed by atoms with Gasteiger partial charge in [0.05, 0.1) is 26.2 Å². The van der Waals surface area contributed by atoms with Crippen molar-refractivity contribution in [3.05, 3.63) is 41.3 Å². The van der Waals surface area contributed by atoms with E-state index in [9.17, 15) is 13.2 Å². The molecule has 162 valence electrons. The van der Waals surface area contributed by atoms with Crippen LogP contribution in [0.3, 0.4) is 0 Å². The average molecular weight is 423 g/mol. The van der Waals surface area contributed by atoms with Gasteiger partial charge in [-0.05, 0) is 38.3 Å². The first kappa shape index (κ1) is 23.6. The molecule has 0 bridgehead atoms. The molecule has 7 heteroatoms. The highest BCUT2D eigenvalue weighted by atomic mass is 32.2. The van der Waals surface area contributed by atoms with E-state index in [2.05, 4.69) is 27.7 Å². The number of nitrogens with one attached hydrogen (secondary N) is 1. The monoisotopic (exact) mass is 422 g/mol. The largest absolute Gasteiger partial charge is 0.332 e. The molecule has 0 spiro atoms. The standard InChI is InChI=1S/C22H35N3O3S/c1-5-19(3)25(20(4)6-2)22(26)18-23-13-15-24(16-14-23)29(27,28)17-12-21-10-8-7-9-11-21/h7-12,17,19-20H,5-6,13-16,18H2,1-4H3/p+1/b17-12+/t19-,20-/m0/s1. The summed E-state index contributed by atoms with van der Waals surface area (Å²) in [6.07, 6.45) is 3.50. The molecule has 0 saturated carbocycles. The molecule has 1 saturated heterocycles. The number of benzene rings is 1. The summed E-state index contributed by atoms with van der Waals surface area (Å²) in [6, 6.07) is 9.86. The van der Waals surface area contributed by atoms with Gasteiger partial charge in [0, 0.05) is 17.5 Å². The van der Waals surface area contributed by atoms with Crippen LogP contribution < -0.4 is 4.90 Å². The zero-order chi connectivity index (χ0) is 21.4. The van der Waals surface area contributed by atoms with Gasteiger partial charge in [0.25, 0.3) is 5.91 Å². The maximum absolute atomic E-state index is 12.9. The van der Waals surface area contributed by atoms with E-state index in [0.717, 1.165) is 23.3 Å². The van der Waals surface area contributed by atoms with Crippen molar-refractivity contribution in [1.82, 2.24) is 9.21 Å². The minimum absolute atomic E-state index is 0.170. The number of carbonyl (C=O) groups excluding carboxylic acids is 1. The molecule has 6 nitrogen and oxygen atoms in total. The fourth-order valence-corrected chi connectivity index (χ4v) is 4.87. The lowest BCUT2D eigenvalue weighted by Crippen LogP contribution is -3.15. The van der Waals surface area contributed by atoms with Gasteiger partial charge in [0.2, 0.25) is 10.0 Å². The lowest BCUT2D eigenvalue weighted by molar-refractivity contribution is -0.896. The smallest absolute Gasteiger partial charge is 0.278 e. The fourth-order valence-electron chi connectivity index (χ4n) is 3.67. The highest BCUT2D eigenvalue weighted by Gasteiger charge is 2.31. The Morgan fingerprint density at radius 3 is 2.17 bits per heavy atom. The number of amides is 1. The molecule has 1 aromatic carbocycles. The Kier molecular flexibility index (Phi) is 8.86. The number of piperazine rings is 1. The summed E-state index contributed by atoms with van der Waals surface area (Å²) in [5, 5.41) is 1.28. The predicted octanol–water partition coefficient (Wildman–Crippen LogP) is 1.61. The number of quaternary nitrogens is 1. The van der Waals surface area contributed by atoms with Crippen molar-refractivity contribution < 1.29 is 18.1 Å². The van der Waals surface area contributed by atoms with Crippen molar-refractivity contribution in [3.63, 3.8) is 0 Å². The Balaban J connectivity index is 1.92. The second kappa shape index (κ2) is 10.9. The second-order valence-corrected chi connectivity index (χ2v) is 9.72. The van der Waals surface area contributed by atoms with E-state index in [-0.39, 0.29) is 18.0 Å². The van der Waals surface area contributed by atoms with Crippen molar-refractivity contribution in [2.75, 3.05) is 32.7 Å². The van der Waals surface area contributed by atoms with Gasteiger partial charge in [-0.1, -0.05) is 44.2 Å². The Labute approximate surface area is 176 Å². The topological polar surface area (TPSA) is 62.1 Å². The van der Waals surface area contributed by atoms with Crippen LogP contribution in [-0.4, -0.2) is 68.3 Å². The first-order valence-corrected chi connectivity index (χ1v) is 12.2. The molecule has 1 aliphatic rings. The Morgan fingerprint density at radius 1 is 1.10 bits per heavy atom. The van der Waals surface area contributed by atoms with E-state index in [1.807, 2.05) is 35.2 Å². The van der Waals surface area contributed by atoms with Gasteiger partial charge in [-0.3, -0.25) is 4.79 Å². The van der Waals surface area contributed by atoms with Gasteiger partial charge in [-0.25, -0.2) is 8.42 Å². The molecule has 1 aliphatic heterocycles. The van der Waals surface area contributed by atoms with Gasteiger partial charge < -0.3 is 9.80 Å². The van der Waals surface area contributed by atoms with Crippen molar-refractivity contribution in [3.8, 4) is 0 Å². The van der Waals surface area contributed by atoms with E-state index in [0.29, 0.717) is 32.7 Å². The van der Waals surface area contributed by atoms with Gasteiger partial charge in [0.15, 0.2) is 6.54 Å². The van der Waals surface area contributed by atoms with Gasteiger partial charge >= 0.3 is 0 Å². The van der Waals surface area contributed by atoms with Crippen LogP contribution in [0.2, 0.25) is 0 Å². The Hall–Kier alpha value is -1.70. The molecule has 0 radical (unpaired) electrons. The summed E-state index contributed by atoms with van der Waals surface area (Å²) < 4.78 is 26.7. The van der Waals surface area contributed by atoms with Crippen LogP contribution in [0, 0.1) is 0 Å². The molecule has 29 heavy (non-hydrogen) atoms. The number of sulfonamides is 1. The summed E-state index contributed by atoms with van der Waals surface area (Å²) in [5.74, 6) is 0.170. The van der Waals surface area contributed by atoms with Crippen molar-refractivity contribution in [2.24, 2.45) is 0 Å². The summed E-state index contributed by atoms with van der Waals surface area (Å²) in [7, 11) is -3.44. The number of carbonyl (C=O) groups is 1. The second-order valence-electron chi connectivity index (χ2n) is 7.90. The lowest BCUT2D eigenvalue weighted by atomic mass is 10.1.